The van der Waals surface area contributed by atoms with E-state index in [1.165, 1.54) is 44.4 Å². The molecule has 39 heavy (non-hydrogen) atoms. The molecule has 2 aliphatic rings. The van der Waals surface area contributed by atoms with Gasteiger partial charge in [0.1, 0.15) is 24.2 Å². The van der Waals surface area contributed by atoms with E-state index >= 15 is 0 Å². The lowest BCUT2D eigenvalue weighted by Crippen LogP contribution is -2.36. The molecule has 10 nitrogen and oxygen atoms in total. The van der Waals surface area contributed by atoms with Crippen LogP contribution < -0.4 is 10.4 Å². The number of carbonyl (C=O) groups excluding carboxylic acids is 1. The molecular formula is C27H23F2N7O3. The van der Waals surface area contributed by atoms with Gasteiger partial charge < -0.3 is 9.64 Å². The maximum Gasteiger partial charge on any atom is 0.331 e. The van der Waals surface area contributed by atoms with Crippen molar-refractivity contribution in [3.05, 3.63) is 76.6 Å². The summed E-state index contributed by atoms with van der Waals surface area (Å²) in [4.78, 5) is 42.3. The summed E-state index contributed by atoms with van der Waals surface area (Å²) in [5.74, 6) is -0.832. The van der Waals surface area contributed by atoms with Gasteiger partial charge in [0, 0.05) is 31.1 Å². The molecule has 0 aliphatic carbocycles. The molecule has 5 heterocycles. The molecule has 5 aromatic rings. The Labute approximate surface area is 220 Å². The first-order valence-corrected chi connectivity index (χ1v) is 12.8. The number of hydrogen-bond donors (Lipinski definition) is 0. The van der Waals surface area contributed by atoms with Gasteiger partial charge in [-0.1, -0.05) is 12.1 Å². The number of fused-ring (bicyclic) bond motifs is 3. The highest BCUT2D eigenvalue weighted by Crippen LogP contribution is 2.37. The van der Waals surface area contributed by atoms with Crippen molar-refractivity contribution in [2.75, 3.05) is 19.7 Å². The molecule has 2 aliphatic heterocycles. The zero-order valence-corrected chi connectivity index (χ0v) is 20.8. The summed E-state index contributed by atoms with van der Waals surface area (Å²) in [6.07, 6.45) is 5.23. The molecule has 0 spiro atoms. The zero-order chi connectivity index (χ0) is 26.7. The second-order valence-corrected chi connectivity index (χ2v) is 9.76. The Morgan fingerprint density at radius 1 is 1.08 bits per heavy atom. The van der Waals surface area contributed by atoms with Crippen LogP contribution in [0.5, 0.6) is 5.75 Å². The number of hydrogen-bond acceptors (Lipinski definition) is 6. The molecule has 198 valence electrons. The van der Waals surface area contributed by atoms with Crippen LogP contribution in [-0.4, -0.2) is 59.2 Å². The van der Waals surface area contributed by atoms with Crippen LogP contribution in [0.15, 0.2) is 53.7 Å². The van der Waals surface area contributed by atoms with Crippen LogP contribution in [0.2, 0.25) is 0 Å². The second-order valence-electron chi connectivity index (χ2n) is 9.76. The number of rotatable bonds is 4. The van der Waals surface area contributed by atoms with Gasteiger partial charge in [0.25, 0.3) is 0 Å². The van der Waals surface area contributed by atoms with E-state index in [-0.39, 0.29) is 36.4 Å². The van der Waals surface area contributed by atoms with Gasteiger partial charge in [-0.05, 0) is 31.0 Å². The highest BCUT2D eigenvalue weighted by molar-refractivity contribution is 5.80. The first-order chi connectivity index (χ1) is 19.0. The van der Waals surface area contributed by atoms with Gasteiger partial charge in [0.15, 0.2) is 17.2 Å². The standard InChI is InChI=1S/C27H23F2N7O3/c28-16-6-7-19-21(12-16)35(15-31-19)26-30-13-22-25(32-26)36(20-8-11-39-24-17(20)4-3-5-18(24)29)27(38)34(22)14-23(37)33-9-1-2-10-33/h3-7,12-13,15,20H,1-2,8-11,14H2. The number of likely N-dealkylation sites (tertiary alicyclic amines) is 1. The normalized spacial score (nSPS) is 17.1. The predicted molar refractivity (Wildman–Crippen MR) is 137 cm³/mol. The monoisotopic (exact) mass is 531 g/mol. The van der Waals surface area contributed by atoms with Crippen LogP contribution in [-0.2, 0) is 11.3 Å². The van der Waals surface area contributed by atoms with Crippen molar-refractivity contribution in [3.8, 4) is 11.7 Å². The van der Waals surface area contributed by atoms with Gasteiger partial charge >= 0.3 is 5.69 Å². The van der Waals surface area contributed by atoms with E-state index in [1.807, 2.05) is 0 Å². The van der Waals surface area contributed by atoms with Gasteiger partial charge in [0.2, 0.25) is 11.9 Å². The lowest BCUT2D eigenvalue weighted by Gasteiger charge is -2.26. The third-order valence-electron chi connectivity index (χ3n) is 7.48. The molecule has 0 bridgehead atoms. The van der Waals surface area contributed by atoms with Crippen molar-refractivity contribution in [1.82, 2.24) is 33.6 Å². The summed E-state index contributed by atoms with van der Waals surface area (Å²) in [5, 5.41) is 0. The topological polar surface area (TPSA) is 100 Å². The van der Waals surface area contributed by atoms with Gasteiger partial charge in [0.05, 0.1) is 29.9 Å². The third-order valence-corrected chi connectivity index (χ3v) is 7.48. The fraction of sp³-hybridized carbons (Fsp3) is 0.296. The van der Waals surface area contributed by atoms with E-state index in [1.54, 1.807) is 23.1 Å². The molecular weight excluding hydrogens is 508 g/mol. The van der Waals surface area contributed by atoms with E-state index < -0.39 is 23.4 Å². The van der Waals surface area contributed by atoms with Crippen molar-refractivity contribution in [1.29, 1.82) is 0 Å². The summed E-state index contributed by atoms with van der Waals surface area (Å²) < 4.78 is 38.7. The molecule has 0 radical (unpaired) electrons. The lowest BCUT2D eigenvalue weighted by atomic mass is 10.00. The zero-order valence-electron chi connectivity index (χ0n) is 20.8. The van der Waals surface area contributed by atoms with Crippen LogP contribution in [0.4, 0.5) is 8.78 Å². The van der Waals surface area contributed by atoms with Crippen molar-refractivity contribution in [3.63, 3.8) is 0 Å². The number of carbonyl (C=O) groups is 1. The number of benzene rings is 2. The third kappa shape index (κ3) is 3.77. The predicted octanol–water partition coefficient (Wildman–Crippen LogP) is 3.20. The first kappa shape index (κ1) is 23.5. The van der Waals surface area contributed by atoms with Gasteiger partial charge in [-0.15, -0.1) is 0 Å². The Morgan fingerprint density at radius 2 is 1.92 bits per heavy atom. The molecule has 1 atom stereocenters. The van der Waals surface area contributed by atoms with E-state index in [4.69, 9.17) is 9.72 Å². The number of ether oxygens (including phenoxy) is 1. The maximum atomic E-state index is 14.6. The van der Waals surface area contributed by atoms with E-state index in [0.29, 0.717) is 41.6 Å². The van der Waals surface area contributed by atoms with Crippen molar-refractivity contribution < 1.29 is 18.3 Å². The molecule has 7 rings (SSSR count). The van der Waals surface area contributed by atoms with Gasteiger partial charge in [-0.2, -0.15) is 4.98 Å². The van der Waals surface area contributed by atoms with Crippen LogP contribution >= 0.6 is 0 Å². The van der Waals surface area contributed by atoms with Crippen molar-refractivity contribution in [2.24, 2.45) is 0 Å². The second kappa shape index (κ2) is 9.00. The summed E-state index contributed by atoms with van der Waals surface area (Å²) in [6.45, 7) is 1.35. The first-order valence-electron chi connectivity index (χ1n) is 12.8. The van der Waals surface area contributed by atoms with Crippen LogP contribution in [0, 0.1) is 11.6 Å². The number of halogens is 2. The summed E-state index contributed by atoms with van der Waals surface area (Å²) in [5.41, 5.74) is 1.73. The molecule has 3 aromatic heterocycles. The Morgan fingerprint density at radius 3 is 2.77 bits per heavy atom. The fourth-order valence-electron chi connectivity index (χ4n) is 5.58. The minimum absolute atomic E-state index is 0.0973. The molecule has 1 saturated heterocycles. The van der Waals surface area contributed by atoms with Gasteiger partial charge in [-0.25, -0.2) is 23.5 Å². The summed E-state index contributed by atoms with van der Waals surface area (Å²) >= 11 is 0. The van der Waals surface area contributed by atoms with Crippen LogP contribution in [0.3, 0.4) is 0 Å². The maximum absolute atomic E-state index is 14.6. The van der Waals surface area contributed by atoms with E-state index in [9.17, 15) is 18.4 Å². The number of aromatic nitrogens is 6. The lowest BCUT2D eigenvalue weighted by molar-refractivity contribution is -0.130. The molecule has 1 fully saturated rings. The average molecular weight is 532 g/mol. The van der Waals surface area contributed by atoms with Crippen molar-refractivity contribution in [2.45, 2.75) is 31.8 Å². The molecule has 1 amide bonds. The summed E-state index contributed by atoms with van der Waals surface area (Å²) in [7, 11) is 0. The number of para-hydroxylation sites is 1. The van der Waals surface area contributed by atoms with Crippen LogP contribution in [0.1, 0.15) is 30.9 Å². The Bertz CT molecular complexity index is 1820. The molecule has 0 saturated carbocycles. The minimum atomic E-state index is -0.581. The summed E-state index contributed by atoms with van der Waals surface area (Å²) in [6, 6.07) is 8.24. The van der Waals surface area contributed by atoms with E-state index in [0.717, 1.165) is 12.8 Å². The number of nitrogens with zero attached hydrogens (tertiary/aromatic N) is 7. The van der Waals surface area contributed by atoms with Gasteiger partial charge in [-0.3, -0.25) is 18.5 Å². The Hall–Kier alpha value is -4.61. The Balaban J connectivity index is 1.43. The molecule has 2 aromatic carbocycles. The number of imidazole rings is 2. The largest absolute Gasteiger partial charge is 0.490 e. The van der Waals surface area contributed by atoms with E-state index in [2.05, 4.69) is 9.97 Å². The highest BCUT2D eigenvalue weighted by Gasteiger charge is 2.31. The molecule has 1 unspecified atom stereocenters. The Kier molecular flexibility index (Phi) is 5.42. The van der Waals surface area contributed by atoms with Crippen molar-refractivity contribution >= 4 is 28.1 Å². The average Bonchev–Trinajstić information content (AvgIpc) is 3.68. The molecule has 0 N–H and O–H groups in total. The fourth-order valence-corrected chi connectivity index (χ4v) is 5.58. The van der Waals surface area contributed by atoms with Crippen LogP contribution in [0.25, 0.3) is 28.1 Å². The minimum Gasteiger partial charge on any atom is -0.490 e. The smallest absolute Gasteiger partial charge is 0.331 e. The number of amides is 1. The molecule has 12 heteroatoms. The highest BCUT2D eigenvalue weighted by atomic mass is 19.1. The SMILES string of the molecule is O=C(Cn1c(=O)n(C2CCOc3c(F)cccc32)c2nc(-n3cnc4ccc(F)cc43)ncc21)N1CCCC1. The quantitative estimate of drug-likeness (QED) is 0.353.